The van der Waals surface area contributed by atoms with Gasteiger partial charge in [-0.05, 0) is 61.6 Å². The fraction of sp³-hybridized carbons (Fsp3) is 0.378. The third kappa shape index (κ3) is 9.90. The molecule has 48 heavy (non-hydrogen) atoms. The molecule has 5 amide bonds. The zero-order valence-electron chi connectivity index (χ0n) is 27.1. The zero-order valence-corrected chi connectivity index (χ0v) is 27.1. The van der Waals surface area contributed by atoms with Crippen LogP contribution in [-0.4, -0.2) is 65.6 Å². The highest BCUT2D eigenvalue weighted by atomic mass is 16.6. The quantitative estimate of drug-likeness (QED) is 0.112. The SMILES string of the molecule is O=C(NC(=NCCC[C@H]1C(=O)N(C(=O)N2CCCCC2)[C@@H]1CCc1ccccc1)NC(=O)OCc1ccccc1)OCc1ccccc1. The van der Waals surface area contributed by atoms with Crippen LogP contribution < -0.4 is 10.6 Å². The molecule has 0 aliphatic carbocycles. The van der Waals surface area contributed by atoms with Crippen LogP contribution in [0.25, 0.3) is 0 Å². The van der Waals surface area contributed by atoms with Crippen molar-refractivity contribution >= 4 is 30.1 Å². The molecule has 3 aromatic carbocycles. The molecule has 3 aromatic rings. The van der Waals surface area contributed by atoms with Crippen molar-refractivity contribution in [2.45, 2.75) is 64.2 Å². The van der Waals surface area contributed by atoms with E-state index in [4.69, 9.17) is 9.47 Å². The second-order valence-corrected chi connectivity index (χ2v) is 12.0. The number of aryl methyl sites for hydroxylation is 1. The van der Waals surface area contributed by atoms with E-state index in [1.54, 1.807) is 4.90 Å². The summed E-state index contributed by atoms with van der Waals surface area (Å²) in [6, 6.07) is 28.1. The van der Waals surface area contributed by atoms with Crippen LogP contribution >= 0.6 is 0 Å². The number of piperidine rings is 1. The smallest absolute Gasteiger partial charge is 0.414 e. The molecule has 0 unspecified atom stereocenters. The van der Waals surface area contributed by atoms with Gasteiger partial charge < -0.3 is 14.4 Å². The average molecular weight is 654 g/mol. The monoisotopic (exact) mass is 653 g/mol. The number of rotatable bonds is 11. The molecule has 11 nitrogen and oxygen atoms in total. The van der Waals surface area contributed by atoms with E-state index in [2.05, 4.69) is 27.8 Å². The van der Waals surface area contributed by atoms with E-state index in [0.29, 0.717) is 32.4 Å². The third-order valence-electron chi connectivity index (χ3n) is 8.56. The normalized spacial score (nSPS) is 17.1. The summed E-state index contributed by atoms with van der Waals surface area (Å²) in [5.74, 6) is -0.583. The maximum Gasteiger partial charge on any atom is 0.414 e. The highest BCUT2D eigenvalue weighted by Gasteiger charge is 2.50. The fourth-order valence-electron chi connectivity index (χ4n) is 6.01. The highest BCUT2D eigenvalue weighted by Crippen LogP contribution is 2.35. The minimum atomic E-state index is -0.789. The molecule has 5 rings (SSSR count). The van der Waals surface area contributed by atoms with Crippen molar-refractivity contribution in [2.75, 3.05) is 19.6 Å². The van der Waals surface area contributed by atoms with Crippen molar-refractivity contribution in [3.05, 3.63) is 108 Å². The standard InChI is InChI=1S/C37H43N5O6/c43-33-31(32(22-21-28-14-5-1-6-15-28)42(33)37(46)41-24-11-4-12-25-41)20-13-23-38-34(39-35(44)47-26-29-16-7-2-8-17-29)40-36(45)48-27-30-18-9-3-10-19-30/h1-3,5-10,14-19,31-32H,4,11-13,20-27H2,(H2,38,39,40,44,45)/t31-,32-/m1/s1. The number of nitrogens with zero attached hydrogens (tertiary/aromatic N) is 3. The van der Waals surface area contributed by atoms with Crippen LogP contribution in [0.4, 0.5) is 14.4 Å². The highest BCUT2D eigenvalue weighted by molar-refractivity contribution is 6.02. The second kappa shape index (κ2) is 17.7. The van der Waals surface area contributed by atoms with Gasteiger partial charge in [-0.15, -0.1) is 0 Å². The molecule has 11 heteroatoms. The van der Waals surface area contributed by atoms with Gasteiger partial charge in [-0.1, -0.05) is 91.0 Å². The number of carbonyl (C=O) groups is 4. The minimum Gasteiger partial charge on any atom is -0.444 e. The second-order valence-electron chi connectivity index (χ2n) is 12.0. The van der Waals surface area contributed by atoms with Crippen LogP contribution in [0.5, 0.6) is 0 Å². The van der Waals surface area contributed by atoms with Gasteiger partial charge in [0.05, 0.1) is 12.0 Å². The summed E-state index contributed by atoms with van der Waals surface area (Å²) in [7, 11) is 0. The van der Waals surface area contributed by atoms with Gasteiger partial charge in [-0.3, -0.25) is 25.3 Å². The van der Waals surface area contributed by atoms with Crippen LogP contribution in [0.15, 0.2) is 96.0 Å². The number of hydrogen-bond acceptors (Lipinski definition) is 7. The first kappa shape index (κ1) is 34.2. The van der Waals surface area contributed by atoms with Crippen LogP contribution in [-0.2, 0) is 33.9 Å². The molecular weight excluding hydrogens is 610 g/mol. The number of nitrogens with one attached hydrogen (secondary N) is 2. The van der Waals surface area contributed by atoms with E-state index in [9.17, 15) is 19.2 Å². The molecule has 0 aromatic heterocycles. The zero-order chi connectivity index (χ0) is 33.6. The van der Waals surface area contributed by atoms with Gasteiger partial charge in [0.2, 0.25) is 11.9 Å². The Bertz CT molecular complexity index is 1470. The molecule has 2 heterocycles. The summed E-state index contributed by atoms with van der Waals surface area (Å²) < 4.78 is 10.6. The van der Waals surface area contributed by atoms with Gasteiger partial charge in [0, 0.05) is 19.6 Å². The lowest BCUT2D eigenvalue weighted by Gasteiger charge is -2.48. The molecular formula is C37H43N5O6. The van der Waals surface area contributed by atoms with Gasteiger partial charge in [-0.2, -0.15) is 0 Å². The van der Waals surface area contributed by atoms with Crippen molar-refractivity contribution in [1.82, 2.24) is 20.4 Å². The number of β-lactam (4-membered cyclic amide) rings is 1. The van der Waals surface area contributed by atoms with E-state index in [1.807, 2.05) is 78.9 Å². The number of amides is 5. The molecule has 2 aliphatic heterocycles. The van der Waals surface area contributed by atoms with Crippen molar-refractivity contribution in [1.29, 1.82) is 0 Å². The lowest BCUT2D eigenvalue weighted by Crippen LogP contribution is -2.66. The van der Waals surface area contributed by atoms with E-state index in [1.165, 1.54) is 4.90 Å². The molecule has 0 spiro atoms. The Morgan fingerprint density at radius 3 is 1.77 bits per heavy atom. The number of imide groups is 1. The number of likely N-dealkylation sites (tertiary alicyclic amines) is 2. The van der Waals surface area contributed by atoms with Gasteiger partial charge in [-0.25, -0.2) is 14.4 Å². The summed E-state index contributed by atoms with van der Waals surface area (Å²) in [6.45, 7) is 1.65. The number of urea groups is 1. The summed E-state index contributed by atoms with van der Waals surface area (Å²) in [6.07, 6.45) is 3.86. The maximum absolute atomic E-state index is 13.4. The Morgan fingerprint density at radius 2 is 1.23 bits per heavy atom. The number of guanidine groups is 1. The molecule has 2 saturated heterocycles. The molecule has 2 atom stereocenters. The number of ether oxygens (including phenoxy) is 2. The number of aliphatic imine (C=N–C) groups is 1. The van der Waals surface area contributed by atoms with E-state index in [0.717, 1.165) is 42.4 Å². The van der Waals surface area contributed by atoms with Gasteiger partial charge in [0.15, 0.2) is 0 Å². The van der Waals surface area contributed by atoms with Crippen LogP contribution in [0.1, 0.15) is 55.2 Å². The minimum absolute atomic E-state index is 0.0409. The molecule has 2 fully saturated rings. The number of hydrogen-bond donors (Lipinski definition) is 2. The molecule has 0 bridgehead atoms. The predicted octanol–water partition coefficient (Wildman–Crippen LogP) is 6.04. The van der Waals surface area contributed by atoms with E-state index in [-0.39, 0.29) is 49.6 Å². The number of benzene rings is 3. The third-order valence-corrected chi connectivity index (χ3v) is 8.56. The average Bonchev–Trinajstić information content (AvgIpc) is 3.12. The van der Waals surface area contributed by atoms with Crippen molar-refractivity contribution in [3.63, 3.8) is 0 Å². The van der Waals surface area contributed by atoms with Gasteiger partial charge in [0.1, 0.15) is 13.2 Å². The van der Waals surface area contributed by atoms with Crippen LogP contribution in [0.3, 0.4) is 0 Å². The summed E-state index contributed by atoms with van der Waals surface area (Å²) in [5, 5.41) is 5.00. The van der Waals surface area contributed by atoms with Crippen molar-refractivity contribution in [3.8, 4) is 0 Å². The van der Waals surface area contributed by atoms with Gasteiger partial charge >= 0.3 is 18.2 Å². The Balaban J connectivity index is 1.19. The Morgan fingerprint density at radius 1 is 0.708 bits per heavy atom. The largest absolute Gasteiger partial charge is 0.444 e. The van der Waals surface area contributed by atoms with E-state index >= 15 is 0 Å². The Labute approximate surface area is 281 Å². The first-order chi connectivity index (χ1) is 23.5. The maximum atomic E-state index is 13.4. The lowest BCUT2D eigenvalue weighted by molar-refractivity contribution is -0.152. The first-order valence-corrected chi connectivity index (χ1v) is 16.6. The summed E-state index contributed by atoms with van der Waals surface area (Å²) >= 11 is 0. The summed E-state index contributed by atoms with van der Waals surface area (Å²) in [4.78, 5) is 59.6. The molecule has 0 radical (unpaired) electrons. The van der Waals surface area contributed by atoms with Crippen molar-refractivity contribution in [2.24, 2.45) is 10.9 Å². The molecule has 0 saturated carbocycles. The molecule has 252 valence electrons. The number of alkyl carbamates (subject to hydrolysis) is 2. The number of carbonyl (C=O) groups excluding carboxylic acids is 4. The van der Waals surface area contributed by atoms with Crippen LogP contribution in [0.2, 0.25) is 0 Å². The lowest BCUT2D eigenvalue weighted by atomic mass is 9.80. The Hall–Kier alpha value is -5.19. The first-order valence-electron chi connectivity index (χ1n) is 16.6. The van der Waals surface area contributed by atoms with Gasteiger partial charge in [0.25, 0.3) is 0 Å². The topological polar surface area (TPSA) is 130 Å². The predicted molar refractivity (Wildman–Crippen MR) is 181 cm³/mol. The van der Waals surface area contributed by atoms with E-state index < -0.39 is 12.2 Å². The fourth-order valence-corrected chi connectivity index (χ4v) is 6.01. The molecule has 2 aliphatic rings. The Kier molecular flexibility index (Phi) is 12.6. The van der Waals surface area contributed by atoms with Crippen LogP contribution in [0, 0.1) is 5.92 Å². The summed E-state index contributed by atoms with van der Waals surface area (Å²) in [5.41, 5.74) is 2.77. The van der Waals surface area contributed by atoms with Crippen molar-refractivity contribution < 1.29 is 28.7 Å². The molecule has 2 N–H and O–H groups in total.